The molecule has 1 rings (SSSR count). The molecule has 0 unspecified atom stereocenters. The van der Waals surface area contributed by atoms with Gasteiger partial charge in [0.25, 0.3) is 5.91 Å². The van der Waals surface area contributed by atoms with E-state index in [2.05, 4.69) is 5.32 Å². The molecule has 7 heteroatoms. The summed E-state index contributed by atoms with van der Waals surface area (Å²) in [5.74, 6) is -1.77. The smallest absolute Gasteiger partial charge is 0.323 e. The SMILES string of the molecule is CCCN(CC(=O)O)C(=O)CNC(=O)c1ccc(C)s1. The molecule has 0 saturated heterocycles. The Morgan fingerprint density at radius 1 is 1.35 bits per heavy atom. The Bertz CT molecular complexity index is 498. The van der Waals surface area contributed by atoms with Crippen molar-refractivity contribution >= 4 is 29.1 Å². The lowest BCUT2D eigenvalue weighted by Gasteiger charge is -2.19. The van der Waals surface area contributed by atoms with Crippen LogP contribution in [0.25, 0.3) is 0 Å². The predicted octanol–water partition coefficient (Wildman–Crippen LogP) is 1.11. The lowest BCUT2D eigenvalue weighted by atomic mass is 10.3. The van der Waals surface area contributed by atoms with Crippen molar-refractivity contribution in [1.82, 2.24) is 10.2 Å². The van der Waals surface area contributed by atoms with Crippen LogP contribution in [-0.2, 0) is 9.59 Å². The minimum absolute atomic E-state index is 0.191. The molecule has 6 nitrogen and oxygen atoms in total. The Hall–Kier alpha value is -1.89. The second-order valence-corrected chi connectivity index (χ2v) is 5.59. The van der Waals surface area contributed by atoms with E-state index in [-0.39, 0.29) is 19.0 Å². The average molecular weight is 298 g/mol. The molecule has 0 aromatic carbocycles. The number of carbonyl (C=O) groups excluding carboxylic acids is 2. The number of amides is 2. The van der Waals surface area contributed by atoms with Crippen LogP contribution in [0.4, 0.5) is 0 Å². The van der Waals surface area contributed by atoms with Gasteiger partial charge in [-0.05, 0) is 25.5 Å². The summed E-state index contributed by atoms with van der Waals surface area (Å²) in [6.45, 7) is 3.57. The molecule has 0 radical (unpaired) electrons. The molecule has 0 fully saturated rings. The summed E-state index contributed by atoms with van der Waals surface area (Å²) in [5.41, 5.74) is 0. The van der Waals surface area contributed by atoms with Crippen molar-refractivity contribution in [2.75, 3.05) is 19.6 Å². The third-order valence-electron chi connectivity index (χ3n) is 2.54. The summed E-state index contributed by atoms with van der Waals surface area (Å²) < 4.78 is 0. The summed E-state index contributed by atoms with van der Waals surface area (Å²) in [6.07, 6.45) is 0.664. The minimum Gasteiger partial charge on any atom is -0.480 e. The third-order valence-corrected chi connectivity index (χ3v) is 3.54. The molecule has 0 atom stereocenters. The molecule has 0 aliphatic rings. The highest BCUT2D eigenvalue weighted by Crippen LogP contribution is 2.14. The molecule has 0 saturated carbocycles. The van der Waals surface area contributed by atoms with Gasteiger partial charge >= 0.3 is 5.97 Å². The summed E-state index contributed by atoms with van der Waals surface area (Å²) in [7, 11) is 0. The molecule has 1 aromatic heterocycles. The van der Waals surface area contributed by atoms with Crippen molar-refractivity contribution in [1.29, 1.82) is 0 Å². The molecular formula is C13H18N2O4S. The molecular weight excluding hydrogens is 280 g/mol. The van der Waals surface area contributed by atoms with Crippen LogP contribution in [0.15, 0.2) is 12.1 Å². The summed E-state index contributed by atoms with van der Waals surface area (Å²) in [5, 5.41) is 11.2. The summed E-state index contributed by atoms with van der Waals surface area (Å²) in [6, 6.07) is 3.52. The van der Waals surface area contributed by atoms with Crippen LogP contribution in [0.2, 0.25) is 0 Å². The Morgan fingerprint density at radius 2 is 2.05 bits per heavy atom. The van der Waals surface area contributed by atoms with E-state index in [0.717, 1.165) is 4.88 Å². The molecule has 0 aliphatic carbocycles. The van der Waals surface area contributed by atoms with Gasteiger partial charge < -0.3 is 15.3 Å². The Morgan fingerprint density at radius 3 is 2.55 bits per heavy atom. The van der Waals surface area contributed by atoms with Gasteiger partial charge in [0.15, 0.2) is 0 Å². The Balaban J connectivity index is 2.51. The molecule has 1 heterocycles. The van der Waals surface area contributed by atoms with Crippen LogP contribution in [0.5, 0.6) is 0 Å². The number of aliphatic carboxylic acids is 1. The second kappa shape index (κ2) is 7.64. The van der Waals surface area contributed by atoms with Crippen LogP contribution in [0.1, 0.15) is 27.9 Å². The molecule has 2 amide bonds. The van der Waals surface area contributed by atoms with Crippen molar-refractivity contribution < 1.29 is 19.5 Å². The fourth-order valence-electron chi connectivity index (χ4n) is 1.64. The number of carbonyl (C=O) groups is 3. The maximum absolute atomic E-state index is 11.9. The fourth-order valence-corrected chi connectivity index (χ4v) is 2.42. The van der Waals surface area contributed by atoms with Crippen LogP contribution >= 0.6 is 11.3 Å². The number of thiophene rings is 1. The highest BCUT2D eigenvalue weighted by Gasteiger charge is 2.17. The van der Waals surface area contributed by atoms with Crippen molar-refractivity contribution in [2.24, 2.45) is 0 Å². The lowest BCUT2D eigenvalue weighted by Crippen LogP contribution is -2.42. The first-order chi connectivity index (χ1) is 9.43. The van der Waals surface area contributed by atoms with Crippen LogP contribution in [-0.4, -0.2) is 47.4 Å². The number of nitrogens with one attached hydrogen (secondary N) is 1. The van der Waals surface area contributed by atoms with E-state index in [1.807, 2.05) is 19.9 Å². The predicted molar refractivity (Wildman–Crippen MR) is 75.9 cm³/mol. The monoisotopic (exact) mass is 298 g/mol. The zero-order chi connectivity index (χ0) is 15.1. The first-order valence-corrected chi connectivity index (χ1v) is 7.10. The topological polar surface area (TPSA) is 86.7 Å². The number of hydrogen-bond donors (Lipinski definition) is 2. The average Bonchev–Trinajstić information content (AvgIpc) is 2.81. The molecule has 0 aliphatic heterocycles. The van der Waals surface area contributed by atoms with Gasteiger partial charge in [-0.3, -0.25) is 14.4 Å². The zero-order valence-electron chi connectivity index (χ0n) is 11.5. The standard InChI is InChI=1S/C13H18N2O4S/c1-3-6-15(8-12(17)18)11(16)7-14-13(19)10-5-4-9(2)20-10/h4-5H,3,6-8H2,1-2H3,(H,14,19)(H,17,18). The largest absolute Gasteiger partial charge is 0.480 e. The Labute approximate surface area is 121 Å². The van der Waals surface area contributed by atoms with Crippen molar-refractivity contribution in [3.8, 4) is 0 Å². The van der Waals surface area contributed by atoms with E-state index in [1.54, 1.807) is 6.07 Å². The zero-order valence-corrected chi connectivity index (χ0v) is 12.3. The van der Waals surface area contributed by atoms with Crippen LogP contribution in [0, 0.1) is 6.92 Å². The quantitative estimate of drug-likeness (QED) is 0.789. The van der Waals surface area contributed by atoms with Crippen LogP contribution < -0.4 is 5.32 Å². The highest BCUT2D eigenvalue weighted by molar-refractivity contribution is 7.13. The van der Waals surface area contributed by atoms with Gasteiger partial charge in [0, 0.05) is 11.4 Å². The van der Waals surface area contributed by atoms with E-state index >= 15 is 0 Å². The summed E-state index contributed by atoms with van der Waals surface area (Å²) >= 11 is 1.35. The van der Waals surface area contributed by atoms with Crippen LogP contribution in [0.3, 0.4) is 0 Å². The lowest BCUT2D eigenvalue weighted by molar-refractivity contribution is -0.144. The normalized spacial score (nSPS) is 10.1. The van der Waals surface area contributed by atoms with E-state index in [0.29, 0.717) is 17.8 Å². The minimum atomic E-state index is -1.06. The fraction of sp³-hybridized carbons (Fsp3) is 0.462. The van der Waals surface area contributed by atoms with Crippen molar-refractivity contribution in [2.45, 2.75) is 20.3 Å². The number of carboxylic acid groups (broad SMARTS) is 1. The van der Waals surface area contributed by atoms with Gasteiger partial charge in [0.2, 0.25) is 5.91 Å². The first-order valence-electron chi connectivity index (χ1n) is 6.28. The molecule has 0 spiro atoms. The number of rotatable bonds is 7. The van der Waals surface area contributed by atoms with Gasteiger partial charge in [0.05, 0.1) is 11.4 Å². The Kier molecular flexibility index (Phi) is 6.17. The second-order valence-electron chi connectivity index (χ2n) is 4.30. The van der Waals surface area contributed by atoms with E-state index in [4.69, 9.17) is 5.11 Å². The highest BCUT2D eigenvalue weighted by atomic mass is 32.1. The maximum atomic E-state index is 11.9. The van der Waals surface area contributed by atoms with E-state index in [9.17, 15) is 14.4 Å². The molecule has 110 valence electrons. The summed E-state index contributed by atoms with van der Waals surface area (Å²) in [4.78, 5) is 37.1. The first kappa shape index (κ1) is 16.2. The van der Waals surface area contributed by atoms with Crippen molar-refractivity contribution in [3.63, 3.8) is 0 Å². The molecule has 20 heavy (non-hydrogen) atoms. The number of carboxylic acids is 1. The molecule has 2 N–H and O–H groups in total. The number of hydrogen-bond acceptors (Lipinski definition) is 4. The van der Waals surface area contributed by atoms with Gasteiger partial charge in [-0.1, -0.05) is 6.92 Å². The molecule has 1 aromatic rings. The van der Waals surface area contributed by atoms with Gasteiger partial charge in [-0.25, -0.2) is 0 Å². The number of aryl methyl sites for hydroxylation is 1. The molecule has 0 bridgehead atoms. The van der Waals surface area contributed by atoms with E-state index < -0.39 is 11.9 Å². The maximum Gasteiger partial charge on any atom is 0.323 e. The van der Waals surface area contributed by atoms with Gasteiger partial charge in [-0.15, -0.1) is 11.3 Å². The van der Waals surface area contributed by atoms with E-state index in [1.165, 1.54) is 16.2 Å². The number of nitrogens with zero attached hydrogens (tertiary/aromatic N) is 1. The van der Waals surface area contributed by atoms with Gasteiger partial charge in [0.1, 0.15) is 6.54 Å². The van der Waals surface area contributed by atoms with Gasteiger partial charge in [-0.2, -0.15) is 0 Å². The third kappa shape index (κ3) is 5.00. The van der Waals surface area contributed by atoms with Crippen molar-refractivity contribution in [3.05, 3.63) is 21.9 Å².